The number of carbonyl (C=O) groups excluding carboxylic acids is 1. The van der Waals surface area contributed by atoms with Crippen molar-refractivity contribution in [3.05, 3.63) is 108 Å². The molecule has 17 heteroatoms. The Morgan fingerprint density at radius 3 is 1.66 bits per heavy atom. The number of methoxy groups -OCH3 is 2. The first-order valence-electron chi connectivity index (χ1n) is 29.1. The highest BCUT2D eigenvalue weighted by Gasteiger charge is 2.55. The molecule has 3 saturated heterocycles. The van der Waals surface area contributed by atoms with Gasteiger partial charge in [0.05, 0.1) is 59.5 Å². The average molecular weight is 1150 g/mol. The molecular weight excluding hydrogens is 1050 g/mol. The molecule has 18 atom stereocenters. The Morgan fingerprint density at radius 2 is 1.20 bits per heavy atom. The molecule has 3 aliphatic rings. The van der Waals surface area contributed by atoms with Gasteiger partial charge >= 0.3 is 5.97 Å². The Hall–Kier alpha value is -3.41. The zero-order valence-electron chi connectivity index (χ0n) is 51.9. The summed E-state index contributed by atoms with van der Waals surface area (Å²) in [6, 6.07) is 29.8. The maximum atomic E-state index is 15.2. The summed E-state index contributed by atoms with van der Waals surface area (Å²) in [6.07, 6.45) is -6.46. The first kappa shape index (κ1) is 65.7. The number of cyclic esters (lactones) is 1. The second kappa shape index (κ2) is 26.7. The Labute approximate surface area is 481 Å². The van der Waals surface area contributed by atoms with Gasteiger partial charge in [-0.2, -0.15) is 0 Å². The van der Waals surface area contributed by atoms with Crippen LogP contribution in [0.3, 0.4) is 0 Å². The monoisotopic (exact) mass is 1150 g/mol. The Kier molecular flexibility index (Phi) is 21.9. The van der Waals surface area contributed by atoms with E-state index in [4.69, 9.17) is 52.0 Å². The molecule has 2 N–H and O–H groups in total. The molecule has 0 radical (unpaired) electrons. The number of ether oxygens (including phenoxy) is 7. The van der Waals surface area contributed by atoms with Crippen LogP contribution in [0, 0.1) is 23.7 Å². The summed E-state index contributed by atoms with van der Waals surface area (Å²) >= 11 is 0. The Morgan fingerprint density at radius 1 is 0.700 bits per heavy atom. The topological polar surface area (TPSA) is 165 Å². The van der Waals surface area contributed by atoms with Gasteiger partial charge in [-0.15, -0.1) is 0 Å². The SMILES string of the molecule is CC[C@H]1OC(=O)[C@H](C)[C@@H](O[C@H]2C[C@@](C)(OC)[C@@H](O[Si](C)(C)C)[C@H](C)O2)[C@H](C)[C@@H](O[C@@H]2O[C@H](C)C[C@H](N(C)C)[C@H]2O[Si](C)(C)C)[C@](C)(OC)C[C@@H](C)/C(=N\OC(c2ccccc2)(c2ccccc2)c2ccccc2)[C@H](C)[C@@H](O)[C@]1(C)O. The fourth-order valence-corrected chi connectivity index (χ4v) is 15.0. The second-order valence-electron chi connectivity index (χ2n) is 26.0. The van der Waals surface area contributed by atoms with Crippen LogP contribution in [0.4, 0.5) is 0 Å². The molecule has 0 aliphatic carbocycles. The van der Waals surface area contributed by atoms with Crippen molar-refractivity contribution in [1.29, 1.82) is 0 Å². The van der Waals surface area contributed by atoms with Crippen LogP contribution in [0.25, 0.3) is 0 Å². The summed E-state index contributed by atoms with van der Waals surface area (Å²) < 4.78 is 62.1. The summed E-state index contributed by atoms with van der Waals surface area (Å²) in [7, 11) is 3.12. The summed E-state index contributed by atoms with van der Waals surface area (Å²) in [5.41, 5.74) is -2.41. The van der Waals surface area contributed by atoms with Gasteiger partial charge in [0.25, 0.3) is 0 Å². The van der Waals surface area contributed by atoms with Crippen LogP contribution >= 0.6 is 0 Å². The number of hydrogen-bond acceptors (Lipinski definition) is 15. The van der Waals surface area contributed by atoms with Crippen LogP contribution in [0.5, 0.6) is 0 Å². The van der Waals surface area contributed by atoms with Crippen molar-refractivity contribution in [2.24, 2.45) is 28.8 Å². The number of rotatable bonds is 17. The third kappa shape index (κ3) is 14.9. The number of benzene rings is 3. The van der Waals surface area contributed by atoms with Crippen LogP contribution in [-0.4, -0.2) is 156 Å². The number of oxime groups is 1. The number of carbonyl (C=O) groups is 1. The van der Waals surface area contributed by atoms with Crippen molar-refractivity contribution in [2.45, 2.75) is 224 Å². The van der Waals surface area contributed by atoms with Gasteiger partial charge in [-0.05, 0) is 114 Å². The maximum absolute atomic E-state index is 15.2. The van der Waals surface area contributed by atoms with Crippen LogP contribution in [0.1, 0.15) is 112 Å². The van der Waals surface area contributed by atoms with Crippen LogP contribution in [-0.2, 0) is 57.2 Å². The van der Waals surface area contributed by atoms with E-state index in [1.54, 1.807) is 21.1 Å². The first-order chi connectivity index (χ1) is 37.4. The molecule has 0 saturated carbocycles. The van der Waals surface area contributed by atoms with E-state index >= 15 is 4.79 Å². The summed E-state index contributed by atoms with van der Waals surface area (Å²) in [5.74, 6) is -3.71. The van der Waals surface area contributed by atoms with E-state index in [2.05, 4.69) is 65.2 Å². The van der Waals surface area contributed by atoms with Crippen molar-refractivity contribution in [2.75, 3.05) is 28.3 Å². The predicted molar refractivity (Wildman–Crippen MR) is 318 cm³/mol. The lowest BCUT2D eigenvalue weighted by Crippen LogP contribution is -2.63. The van der Waals surface area contributed by atoms with Gasteiger partial charge < -0.3 is 62.0 Å². The molecule has 3 aliphatic heterocycles. The van der Waals surface area contributed by atoms with Crippen LogP contribution in [0.15, 0.2) is 96.2 Å². The molecule has 15 nitrogen and oxygen atoms in total. The molecule has 6 rings (SSSR count). The van der Waals surface area contributed by atoms with Gasteiger partial charge in [-0.3, -0.25) is 4.79 Å². The van der Waals surface area contributed by atoms with E-state index in [9.17, 15) is 10.2 Å². The number of nitrogens with zero attached hydrogens (tertiary/aromatic N) is 2. The van der Waals surface area contributed by atoms with E-state index in [0.717, 1.165) is 16.7 Å². The van der Waals surface area contributed by atoms with E-state index in [-0.39, 0.29) is 31.4 Å². The zero-order valence-corrected chi connectivity index (χ0v) is 53.9. The quantitative estimate of drug-likeness (QED) is 0.0567. The van der Waals surface area contributed by atoms with Gasteiger partial charge in [0, 0.05) is 61.1 Å². The smallest absolute Gasteiger partial charge is 0.311 e. The summed E-state index contributed by atoms with van der Waals surface area (Å²) in [4.78, 5) is 24.6. The highest BCUT2D eigenvalue weighted by molar-refractivity contribution is 6.70. The molecule has 3 aromatic carbocycles. The van der Waals surface area contributed by atoms with Crippen molar-refractivity contribution >= 4 is 28.3 Å². The lowest BCUT2D eigenvalue weighted by Gasteiger charge is -2.51. The van der Waals surface area contributed by atoms with Crippen molar-refractivity contribution in [1.82, 2.24) is 4.90 Å². The third-order valence-electron chi connectivity index (χ3n) is 17.0. The highest BCUT2D eigenvalue weighted by Crippen LogP contribution is 2.45. The molecule has 0 unspecified atom stereocenters. The van der Waals surface area contributed by atoms with Crippen molar-refractivity contribution in [3.63, 3.8) is 0 Å². The zero-order chi connectivity index (χ0) is 59.3. The fourth-order valence-electron chi connectivity index (χ4n) is 12.7. The van der Waals surface area contributed by atoms with Crippen LogP contribution in [0.2, 0.25) is 39.3 Å². The highest BCUT2D eigenvalue weighted by atomic mass is 28.4. The van der Waals surface area contributed by atoms with Gasteiger partial charge in [-0.25, -0.2) is 0 Å². The fraction of sp³-hybridized carbons (Fsp3) is 0.683. The Balaban J connectivity index is 1.59. The predicted octanol–water partition coefficient (Wildman–Crippen LogP) is 11.0. The van der Waals surface area contributed by atoms with Crippen LogP contribution < -0.4 is 0 Å². The number of aliphatic hydroxyl groups is 2. The first-order valence-corrected chi connectivity index (χ1v) is 36.0. The average Bonchev–Trinajstić information content (AvgIpc) is 3.40. The normalized spacial score (nSPS) is 37.0. The largest absolute Gasteiger partial charge is 0.459 e. The van der Waals surface area contributed by atoms with E-state index < -0.39 is 124 Å². The van der Waals surface area contributed by atoms with E-state index in [1.165, 1.54) is 6.92 Å². The van der Waals surface area contributed by atoms with Gasteiger partial charge in [-0.1, -0.05) is 124 Å². The summed E-state index contributed by atoms with van der Waals surface area (Å²) in [6.45, 7) is 32.0. The molecule has 3 fully saturated rings. The van der Waals surface area contributed by atoms with Gasteiger partial charge in [0.1, 0.15) is 17.8 Å². The molecule has 0 amide bonds. The van der Waals surface area contributed by atoms with Gasteiger partial charge in [0.2, 0.25) is 5.60 Å². The number of likely N-dealkylation sites (N-methyl/N-ethyl adjacent to an activating group) is 1. The molecule has 0 bridgehead atoms. The molecular formula is C63H100N2O13Si2. The van der Waals surface area contributed by atoms with E-state index in [1.807, 2.05) is 139 Å². The minimum Gasteiger partial charge on any atom is -0.459 e. The lowest BCUT2D eigenvalue weighted by molar-refractivity contribution is -0.316. The van der Waals surface area contributed by atoms with Gasteiger partial charge in [0.15, 0.2) is 29.2 Å². The minimum atomic E-state index is -2.25. The molecule has 0 aromatic heterocycles. The Bertz CT molecular complexity index is 2350. The minimum absolute atomic E-state index is 0.0655. The molecule has 3 aromatic rings. The molecule has 448 valence electrons. The second-order valence-corrected chi connectivity index (χ2v) is 34.9. The molecule has 0 spiro atoms. The molecule has 3 heterocycles. The van der Waals surface area contributed by atoms with E-state index in [0.29, 0.717) is 12.1 Å². The summed E-state index contributed by atoms with van der Waals surface area (Å²) in [5, 5.41) is 30.8. The molecule has 80 heavy (non-hydrogen) atoms. The number of hydrogen-bond donors (Lipinski definition) is 2. The number of aliphatic hydroxyl groups excluding tert-OH is 1. The maximum Gasteiger partial charge on any atom is 0.311 e. The third-order valence-corrected chi connectivity index (χ3v) is 19.0. The lowest BCUT2D eigenvalue weighted by atomic mass is 9.73. The number of esters is 1. The standard InChI is InChI=1S/C63H100N2O13Si2/c1-21-50-62(10,68)55(66)42(4)52(64-78-63(46-31-25-22-26-32-46,47-33-27-23-28-34-47)48-35-29-24-30-36-48)40(2)38-60(8,69-13)56(75-59-54(76-79(15,16)17)49(65(11)12)37-41(3)71-59)43(5)53(44(6)58(67)73-50)74-51-39-61(9,70-14)57(45(7)72-51)77-80(18,19)20/h22-36,40-45,49-51,53-57,59,66,68H,21,37-39H2,1-20H3/b64-52+/t40-,41-,42+,43+,44-,45+,49+,50-,51+,53+,54-,55-,56-,57+,59+,60-,61-,62-/m1/s1. The van der Waals surface area contributed by atoms with Crippen molar-refractivity contribution in [3.8, 4) is 0 Å². The van der Waals surface area contributed by atoms with Crippen molar-refractivity contribution < 1.29 is 61.9 Å².